The minimum Gasteiger partial charge on any atom is -0.465 e. The summed E-state index contributed by atoms with van der Waals surface area (Å²) in [5.41, 5.74) is 1.89. The van der Waals surface area contributed by atoms with E-state index < -0.39 is 53.3 Å². The molecule has 0 radical (unpaired) electrons. The highest BCUT2D eigenvalue weighted by Crippen LogP contribution is 2.46. The van der Waals surface area contributed by atoms with Crippen molar-refractivity contribution in [1.29, 1.82) is 0 Å². The highest BCUT2D eigenvalue weighted by atomic mass is 79.9. The standard InChI is InChI=1S/C14H19F2O5P.C11H13BrO2.C3H7F2O3P/c1-3-19-14(17)12(9-11-7-5-4-6-8-11)21-22(2,18)20-10-13(15)16;1-2-14-11(13)10(12)8-9-6-4-3-5-7-9;1-9(6,7)8-2-3(4)5/h4-8,12-13H,3,9-10H2,1-2H3;3-7,10H,2,8H2,1H3;3H,2H2,1H3,(H,6,7). The van der Waals surface area contributed by atoms with Gasteiger partial charge in [0.1, 0.15) is 18.0 Å². The number of hydrogen-bond donors (Lipinski definition) is 1. The zero-order valence-corrected chi connectivity index (χ0v) is 28.6. The summed E-state index contributed by atoms with van der Waals surface area (Å²) in [6.45, 7) is 3.88. The molecular weight excluding hydrogens is 714 g/mol. The van der Waals surface area contributed by atoms with Crippen LogP contribution in [0.25, 0.3) is 0 Å². The average Bonchev–Trinajstić information content (AvgIpc) is 2.96. The van der Waals surface area contributed by atoms with Gasteiger partial charge < -0.3 is 23.4 Å². The van der Waals surface area contributed by atoms with E-state index >= 15 is 0 Å². The zero-order chi connectivity index (χ0) is 34.5. The van der Waals surface area contributed by atoms with Crippen molar-refractivity contribution in [1.82, 2.24) is 0 Å². The lowest BCUT2D eigenvalue weighted by Gasteiger charge is -2.21. The van der Waals surface area contributed by atoms with Crippen molar-refractivity contribution < 1.29 is 64.2 Å². The van der Waals surface area contributed by atoms with Crippen molar-refractivity contribution in [3.63, 3.8) is 0 Å². The second-order valence-corrected chi connectivity index (χ2v) is 13.9. The van der Waals surface area contributed by atoms with Gasteiger partial charge in [-0.1, -0.05) is 76.6 Å². The number of benzene rings is 2. The van der Waals surface area contributed by atoms with Gasteiger partial charge in [-0.2, -0.15) is 0 Å². The maximum Gasteiger partial charge on any atom is 0.336 e. The Bertz CT molecular complexity index is 1190. The molecular formula is C28H39BrF4O10P2. The van der Waals surface area contributed by atoms with Gasteiger partial charge in [-0.25, -0.2) is 22.4 Å². The van der Waals surface area contributed by atoms with Gasteiger partial charge in [-0.3, -0.25) is 18.4 Å². The third kappa shape index (κ3) is 23.8. The van der Waals surface area contributed by atoms with E-state index in [0.29, 0.717) is 13.0 Å². The predicted molar refractivity (Wildman–Crippen MR) is 164 cm³/mol. The van der Waals surface area contributed by atoms with Crippen LogP contribution in [0.5, 0.6) is 0 Å². The lowest BCUT2D eigenvalue weighted by Crippen LogP contribution is -2.28. The maximum atomic E-state index is 12.1. The Hall–Kier alpha value is -2.12. The molecule has 0 aliphatic heterocycles. The van der Waals surface area contributed by atoms with Gasteiger partial charge in [-0.05, 0) is 31.4 Å². The molecule has 1 N–H and O–H groups in total. The van der Waals surface area contributed by atoms with Gasteiger partial charge in [0.25, 0.3) is 12.9 Å². The van der Waals surface area contributed by atoms with Crippen LogP contribution >= 0.6 is 31.1 Å². The first-order valence-electron chi connectivity index (χ1n) is 13.5. The Kier molecular flexibility index (Phi) is 22.1. The minimum absolute atomic E-state index is 0.107. The molecule has 2 aromatic carbocycles. The zero-order valence-electron chi connectivity index (χ0n) is 25.2. The first-order chi connectivity index (χ1) is 21.0. The van der Waals surface area contributed by atoms with Crippen LogP contribution in [0.15, 0.2) is 60.7 Å². The molecule has 0 saturated carbocycles. The lowest BCUT2D eigenvalue weighted by molar-refractivity contribution is -0.151. The van der Waals surface area contributed by atoms with Crippen LogP contribution in [0.2, 0.25) is 0 Å². The molecule has 0 aromatic heterocycles. The first kappa shape index (κ1) is 42.9. The average molecular weight is 753 g/mol. The monoisotopic (exact) mass is 752 g/mol. The Labute approximate surface area is 268 Å². The second-order valence-electron chi connectivity index (χ2n) is 8.89. The molecule has 0 bridgehead atoms. The molecule has 0 spiro atoms. The summed E-state index contributed by atoms with van der Waals surface area (Å²) < 4.78 is 92.1. The largest absolute Gasteiger partial charge is 0.465 e. The quantitative estimate of drug-likeness (QED) is 0.0834. The summed E-state index contributed by atoms with van der Waals surface area (Å²) in [7, 11) is -7.50. The SMILES string of the molecule is CCOC(=O)C(Br)Cc1ccccc1.CCOC(=O)C(Cc1ccccc1)OP(C)(=O)OCC(F)F.CP(=O)(O)OCC(F)F. The van der Waals surface area contributed by atoms with Gasteiger partial charge in [0.05, 0.1) is 13.2 Å². The van der Waals surface area contributed by atoms with E-state index in [1.54, 1.807) is 44.2 Å². The molecule has 4 unspecified atom stereocenters. The molecule has 0 amide bonds. The van der Waals surface area contributed by atoms with E-state index in [2.05, 4.69) is 25.0 Å². The van der Waals surface area contributed by atoms with Gasteiger partial charge in [0.2, 0.25) is 0 Å². The minimum atomic E-state index is -3.80. The smallest absolute Gasteiger partial charge is 0.336 e. The van der Waals surface area contributed by atoms with Crippen molar-refractivity contribution >= 4 is 43.1 Å². The van der Waals surface area contributed by atoms with Crippen molar-refractivity contribution in [2.24, 2.45) is 0 Å². The number of halogens is 5. The molecule has 0 aliphatic rings. The third-order valence-electron chi connectivity index (χ3n) is 4.81. The van der Waals surface area contributed by atoms with Crippen molar-refractivity contribution in [2.75, 3.05) is 39.8 Å². The molecule has 17 heteroatoms. The number of carbonyl (C=O) groups is 2. The number of hydrogen-bond acceptors (Lipinski definition) is 9. The molecule has 2 rings (SSSR count). The molecule has 0 fully saturated rings. The molecule has 0 saturated heterocycles. The normalized spacial score (nSPS) is 14.8. The molecule has 45 heavy (non-hydrogen) atoms. The Morgan fingerprint density at radius 1 is 0.756 bits per heavy atom. The lowest BCUT2D eigenvalue weighted by atomic mass is 10.1. The number of carbonyl (C=O) groups excluding carboxylic acids is 2. The Morgan fingerprint density at radius 3 is 1.58 bits per heavy atom. The Morgan fingerprint density at radius 2 is 1.18 bits per heavy atom. The Balaban J connectivity index is 0.000000717. The molecule has 0 heterocycles. The number of esters is 2. The van der Waals surface area contributed by atoms with Gasteiger partial charge in [0, 0.05) is 19.8 Å². The number of ether oxygens (including phenoxy) is 2. The summed E-state index contributed by atoms with van der Waals surface area (Å²) in [4.78, 5) is 31.2. The topological polar surface area (TPSA) is 135 Å². The van der Waals surface area contributed by atoms with E-state index in [4.69, 9.17) is 18.9 Å². The fourth-order valence-electron chi connectivity index (χ4n) is 3.01. The second kappa shape index (κ2) is 23.2. The van der Waals surface area contributed by atoms with Crippen LogP contribution in [-0.2, 0) is 54.6 Å². The van der Waals surface area contributed by atoms with Crippen LogP contribution in [0.1, 0.15) is 25.0 Å². The molecule has 10 nitrogen and oxygen atoms in total. The molecule has 2 aromatic rings. The summed E-state index contributed by atoms with van der Waals surface area (Å²) in [6, 6.07) is 18.7. The van der Waals surface area contributed by atoms with E-state index in [-0.39, 0.29) is 23.8 Å². The van der Waals surface area contributed by atoms with Crippen LogP contribution in [0.3, 0.4) is 0 Å². The molecule has 256 valence electrons. The van der Waals surface area contributed by atoms with E-state index in [0.717, 1.165) is 24.5 Å². The number of rotatable bonds is 16. The summed E-state index contributed by atoms with van der Waals surface area (Å²) in [5.74, 6) is -0.912. The predicted octanol–water partition coefficient (Wildman–Crippen LogP) is 6.92. The maximum absolute atomic E-state index is 12.1. The van der Waals surface area contributed by atoms with Crippen LogP contribution in [0, 0.1) is 0 Å². The fourth-order valence-corrected chi connectivity index (χ4v) is 4.97. The van der Waals surface area contributed by atoms with Crippen molar-refractivity contribution in [2.45, 2.75) is 50.5 Å². The summed E-state index contributed by atoms with van der Waals surface area (Å²) in [5, 5.41) is 0. The van der Waals surface area contributed by atoms with E-state index in [9.17, 15) is 36.3 Å². The summed E-state index contributed by atoms with van der Waals surface area (Å²) >= 11 is 3.31. The highest BCUT2D eigenvalue weighted by Gasteiger charge is 2.30. The molecule has 0 aliphatic carbocycles. The van der Waals surface area contributed by atoms with Crippen LogP contribution in [-0.4, -0.2) is 80.4 Å². The van der Waals surface area contributed by atoms with Gasteiger partial charge in [0.15, 0.2) is 6.10 Å². The number of alkyl halides is 5. The highest BCUT2D eigenvalue weighted by molar-refractivity contribution is 9.10. The van der Waals surface area contributed by atoms with Crippen molar-refractivity contribution in [3.05, 3.63) is 71.8 Å². The van der Waals surface area contributed by atoms with Crippen molar-refractivity contribution in [3.8, 4) is 0 Å². The third-order valence-corrected chi connectivity index (χ3v) is 7.39. The first-order valence-corrected chi connectivity index (χ1v) is 18.4. The summed E-state index contributed by atoms with van der Waals surface area (Å²) in [6.07, 6.45) is -5.87. The van der Waals surface area contributed by atoms with Crippen LogP contribution < -0.4 is 0 Å². The fraction of sp³-hybridized carbons (Fsp3) is 0.500. The van der Waals surface area contributed by atoms with Gasteiger partial charge in [-0.15, -0.1) is 0 Å². The van der Waals surface area contributed by atoms with E-state index in [1.165, 1.54) is 0 Å². The van der Waals surface area contributed by atoms with E-state index in [1.807, 2.05) is 30.3 Å². The van der Waals surface area contributed by atoms with Crippen LogP contribution in [0.4, 0.5) is 17.6 Å². The molecule has 4 atom stereocenters. The van der Waals surface area contributed by atoms with Gasteiger partial charge >= 0.3 is 27.1 Å².